The molecule has 1 fully saturated rings. The van der Waals surface area contributed by atoms with Gasteiger partial charge >= 0.3 is 0 Å². The predicted molar refractivity (Wildman–Crippen MR) is 112 cm³/mol. The first-order valence-corrected chi connectivity index (χ1v) is 10.1. The molecule has 1 N–H and O–H groups in total. The van der Waals surface area contributed by atoms with Crippen molar-refractivity contribution in [3.63, 3.8) is 0 Å². The standard InChI is InChI=1S/C22H25ClFN3O2/c1-16(17-5-3-2-4-6-17)14-27(15-21(28)26-11-9-25-10-12-26)22(29)18-7-8-20(24)19(23)13-18/h2-8,13,16,25H,9-12,14-15H2,1H3/t16-/m0/s1. The molecule has 1 saturated heterocycles. The zero-order valence-corrected chi connectivity index (χ0v) is 17.2. The van der Waals surface area contributed by atoms with E-state index in [-0.39, 0.29) is 34.9 Å². The third-order valence-corrected chi connectivity index (χ3v) is 5.40. The maximum Gasteiger partial charge on any atom is 0.254 e. The van der Waals surface area contributed by atoms with E-state index in [1.807, 2.05) is 37.3 Å². The van der Waals surface area contributed by atoms with Crippen LogP contribution in [0.2, 0.25) is 5.02 Å². The molecular formula is C22H25ClFN3O2. The highest BCUT2D eigenvalue weighted by Gasteiger charge is 2.25. The van der Waals surface area contributed by atoms with E-state index in [1.54, 1.807) is 4.90 Å². The molecule has 0 saturated carbocycles. The average Bonchev–Trinajstić information content (AvgIpc) is 2.75. The van der Waals surface area contributed by atoms with Crippen LogP contribution >= 0.6 is 11.6 Å². The number of nitrogens with zero attached hydrogens (tertiary/aromatic N) is 2. The third-order valence-electron chi connectivity index (χ3n) is 5.11. The first-order valence-electron chi connectivity index (χ1n) is 9.73. The average molecular weight is 418 g/mol. The van der Waals surface area contributed by atoms with E-state index in [9.17, 15) is 14.0 Å². The number of benzene rings is 2. The molecule has 2 aromatic rings. The number of carbonyl (C=O) groups is 2. The van der Waals surface area contributed by atoms with Crippen LogP contribution in [0.15, 0.2) is 48.5 Å². The number of piperazine rings is 1. The molecule has 1 atom stereocenters. The molecule has 0 radical (unpaired) electrons. The van der Waals surface area contributed by atoms with Crippen LogP contribution in [0.5, 0.6) is 0 Å². The number of nitrogens with one attached hydrogen (secondary N) is 1. The Labute approximate surface area is 175 Å². The van der Waals surface area contributed by atoms with Crippen LogP contribution in [-0.2, 0) is 4.79 Å². The van der Waals surface area contributed by atoms with E-state index < -0.39 is 5.82 Å². The van der Waals surface area contributed by atoms with Gasteiger partial charge in [-0.2, -0.15) is 0 Å². The van der Waals surface area contributed by atoms with Crippen molar-refractivity contribution < 1.29 is 14.0 Å². The Bertz CT molecular complexity index is 856. The lowest BCUT2D eigenvalue weighted by Crippen LogP contribution is -2.50. The molecule has 0 aliphatic carbocycles. The van der Waals surface area contributed by atoms with E-state index in [0.29, 0.717) is 19.6 Å². The number of hydrogen-bond donors (Lipinski definition) is 1. The summed E-state index contributed by atoms with van der Waals surface area (Å²) in [5.41, 5.74) is 1.35. The van der Waals surface area contributed by atoms with Gasteiger partial charge in [0.15, 0.2) is 0 Å². The Balaban J connectivity index is 1.80. The summed E-state index contributed by atoms with van der Waals surface area (Å²) in [6.45, 7) is 5.10. The van der Waals surface area contributed by atoms with Gasteiger partial charge in [0.2, 0.25) is 5.91 Å². The zero-order chi connectivity index (χ0) is 20.8. The van der Waals surface area contributed by atoms with E-state index in [0.717, 1.165) is 18.7 Å². The SMILES string of the molecule is C[C@@H](CN(CC(=O)N1CCNCC1)C(=O)c1ccc(F)c(Cl)c1)c1ccccc1. The summed E-state index contributed by atoms with van der Waals surface area (Å²) in [6.07, 6.45) is 0. The fraction of sp³-hybridized carbons (Fsp3) is 0.364. The van der Waals surface area contributed by atoms with Crippen LogP contribution in [0.25, 0.3) is 0 Å². The Kier molecular flexibility index (Phi) is 7.23. The monoisotopic (exact) mass is 417 g/mol. The lowest BCUT2D eigenvalue weighted by molar-refractivity contribution is -0.132. The van der Waals surface area contributed by atoms with Crippen LogP contribution in [0.4, 0.5) is 4.39 Å². The van der Waals surface area contributed by atoms with Crippen LogP contribution in [-0.4, -0.2) is 60.9 Å². The molecule has 1 heterocycles. The Morgan fingerprint density at radius 2 is 1.86 bits per heavy atom. The maximum atomic E-state index is 13.5. The van der Waals surface area contributed by atoms with Gasteiger partial charge in [0.1, 0.15) is 12.4 Å². The molecule has 1 aliphatic rings. The summed E-state index contributed by atoms with van der Waals surface area (Å²) in [5.74, 6) is -0.970. The molecule has 7 heteroatoms. The van der Waals surface area contributed by atoms with Gasteiger partial charge in [0, 0.05) is 38.3 Å². The largest absolute Gasteiger partial charge is 0.339 e. The quantitative estimate of drug-likeness (QED) is 0.785. The van der Waals surface area contributed by atoms with Crippen LogP contribution in [0.1, 0.15) is 28.8 Å². The van der Waals surface area contributed by atoms with E-state index in [1.165, 1.54) is 23.1 Å². The van der Waals surface area contributed by atoms with E-state index in [4.69, 9.17) is 11.6 Å². The second kappa shape index (κ2) is 9.85. The van der Waals surface area contributed by atoms with E-state index >= 15 is 0 Å². The molecule has 0 spiro atoms. The second-order valence-corrected chi connectivity index (χ2v) is 7.66. The topological polar surface area (TPSA) is 52.7 Å². The Hall–Kier alpha value is -2.44. The molecule has 0 aromatic heterocycles. The summed E-state index contributed by atoms with van der Waals surface area (Å²) in [7, 11) is 0. The molecular weight excluding hydrogens is 393 g/mol. The number of amides is 2. The third kappa shape index (κ3) is 5.55. The molecule has 2 amide bonds. The first kappa shape index (κ1) is 21.3. The van der Waals surface area contributed by atoms with Crippen molar-refractivity contribution in [3.05, 3.63) is 70.5 Å². The number of halogens is 2. The number of carbonyl (C=O) groups excluding carboxylic acids is 2. The fourth-order valence-electron chi connectivity index (χ4n) is 3.43. The first-order chi connectivity index (χ1) is 14.0. The van der Waals surface area contributed by atoms with Gasteiger partial charge in [0.25, 0.3) is 5.91 Å². The molecule has 2 aromatic carbocycles. The van der Waals surface area contributed by atoms with Crippen molar-refractivity contribution in [1.82, 2.24) is 15.1 Å². The van der Waals surface area contributed by atoms with Crippen molar-refractivity contribution in [3.8, 4) is 0 Å². The lowest BCUT2D eigenvalue weighted by atomic mass is 10.0. The smallest absolute Gasteiger partial charge is 0.254 e. The van der Waals surface area contributed by atoms with Crippen LogP contribution in [0.3, 0.4) is 0 Å². The number of rotatable bonds is 6. The molecule has 5 nitrogen and oxygen atoms in total. The van der Waals surface area contributed by atoms with Gasteiger partial charge in [-0.25, -0.2) is 4.39 Å². The van der Waals surface area contributed by atoms with Crippen molar-refractivity contribution in [2.75, 3.05) is 39.3 Å². The lowest BCUT2D eigenvalue weighted by Gasteiger charge is -2.31. The van der Waals surface area contributed by atoms with E-state index in [2.05, 4.69) is 5.32 Å². The minimum Gasteiger partial charge on any atom is -0.339 e. The maximum absolute atomic E-state index is 13.5. The van der Waals surface area contributed by atoms with Gasteiger partial charge in [-0.05, 0) is 29.7 Å². The molecule has 0 unspecified atom stereocenters. The summed E-state index contributed by atoms with van der Waals surface area (Å²) in [6, 6.07) is 13.7. The van der Waals surface area contributed by atoms with Crippen molar-refractivity contribution in [2.24, 2.45) is 0 Å². The molecule has 29 heavy (non-hydrogen) atoms. The van der Waals surface area contributed by atoms with Gasteiger partial charge < -0.3 is 15.1 Å². The van der Waals surface area contributed by atoms with Gasteiger partial charge in [-0.3, -0.25) is 9.59 Å². The van der Waals surface area contributed by atoms with Crippen molar-refractivity contribution >= 4 is 23.4 Å². The molecule has 0 bridgehead atoms. The van der Waals surface area contributed by atoms with Gasteiger partial charge in [0.05, 0.1) is 5.02 Å². The van der Waals surface area contributed by atoms with Crippen molar-refractivity contribution in [1.29, 1.82) is 0 Å². The Morgan fingerprint density at radius 3 is 2.52 bits per heavy atom. The normalized spacial score (nSPS) is 15.1. The fourth-order valence-corrected chi connectivity index (χ4v) is 3.61. The highest BCUT2D eigenvalue weighted by molar-refractivity contribution is 6.31. The highest BCUT2D eigenvalue weighted by Crippen LogP contribution is 2.20. The predicted octanol–water partition coefficient (Wildman–Crippen LogP) is 3.16. The highest BCUT2D eigenvalue weighted by atomic mass is 35.5. The summed E-state index contributed by atoms with van der Waals surface area (Å²) < 4.78 is 13.5. The summed E-state index contributed by atoms with van der Waals surface area (Å²) in [5, 5.41) is 3.10. The molecule has 154 valence electrons. The minimum absolute atomic E-state index is 0.0228. The molecule has 3 rings (SSSR count). The summed E-state index contributed by atoms with van der Waals surface area (Å²) >= 11 is 5.86. The van der Waals surface area contributed by atoms with Crippen molar-refractivity contribution in [2.45, 2.75) is 12.8 Å². The van der Waals surface area contributed by atoms with Crippen LogP contribution in [0, 0.1) is 5.82 Å². The minimum atomic E-state index is -0.579. The molecule has 1 aliphatic heterocycles. The van der Waals surface area contributed by atoms with Gasteiger partial charge in [-0.1, -0.05) is 48.9 Å². The number of hydrogen-bond acceptors (Lipinski definition) is 3. The zero-order valence-electron chi connectivity index (χ0n) is 16.4. The Morgan fingerprint density at radius 1 is 1.17 bits per heavy atom. The second-order valence-electron chi connectivity index (χ2n) is 7.26. The van der Waals surface area contributed by atoms with Crippen LogP contribution < -0.4 is 5.32 Å². The summed E-state index contributed by atoms with van der Waals surface area (Å²) in [4.78, 5) is 29.3. The van der Waals surface area contributed by atoms with Gasteiger partial charge in [-0.15, -0.1) is 0 Å².